The molecule has 10 nitrogen and oxygen atoms in total. The van der Waals surface area contributed by atoms with E-state index in [0.717, 1.165) is 44.1 Å². The minimum Gasteiger partial charge on any atom is -0.463 e. The molecule has 0 bridgehead atoms. The Labute approximate surface area is 290 Å². The second-order valence-electron chi connectivity index (χ2n) is 14.8. The Bertz CT molecular complexity index is 1420. The number of carbonyl (C=O) groups excluding carboxylic acids is 4. The van der Waals surface area contributed by atoms with Gasteiger partial charge in [-0.25, -0.2) is 0 Å². The highest BCUT2D eigenvalue weighted by Crippen LogP contribution is 2.41. The Hall–Kier alpha value is -3.79. The van der Waals surface area contributed by atoms with E-state index in [9.17, 15) is 19.5 Å². The molecule has 1 aliphatic carbocycles. The number of hydrogen-bond donors (Lipinski definition) is 3. The van der Waals surface area contributed by atoms with Crippen molar-refractivity contribution in [1.29, 1.82) is 0 Å². The lowest BCUT2D eigenvalue weighted by atomic mass is 9.73. The Morgan fingerprint density at radius 2 is 1.86 bits per heavy atom. The van der Waals surface area contributed by atoms with E-state index in [1.807, 2.05) is 51.1 Å². The molecule has 6 atom stereocenters. The van der Waals surface area contributed by atoms with Crippen LogP contribution in [0.15, 0.2) is 54.9 Å². The van der Waals surface area contributed by atoms with Crippen molar-refractivity contribution in [2.75, 3.05) is 13.2 Å². The molecular formula is C39H54N4O6. The second-order valence-corrected chi connectivity index (χ2v) is 14.8. The molecule has 49 heavy (non-hydrogen) atoms. The molecule has 5 rings (SSSR count). The van der Waals surface area contributed by atoms with Gasteiger partial charge in [0.2, 0.25) is 11.8 Å². The standard InChI is InChI=1S/C39H54N4O6/c1-4-12-30-32(25-49-37(30)47)43(36(46)34(26(2)3)42-35(45)29-17-11-19-40-24-29)31(21-27-13-7-5-8-14-27)33(44)23-39(18-20-41-38(39)48)22-28-15-9-6-10-16-28/h6,9-11,15-17,19,24,26-27,30-34,44H,4-5,7-8,12-14,18,20-23,25H2,1-3H3,(H,41,48)(H,42,45)/t30?,31-,32?,33-,34-,39+/m0/s1. The first kappa shape index (κ1) is 36.5. The van der Waals surface area contributed by atoms with Crippen molar-refractivity contribution in [3.8, 4) is 0 Å². The van der Waals surface area contributed by atoms with Crippen LogP contribution in [0.2, 0.25) is 0 Å². The predicted octanol–water partition coefficient (Wildman–Crippen LogP) is 4.85. The monoisotopic (exact) mass is 674 g/mol. The Morgan fingerprint density at radius 1 is 1.10 bits per heavy atom. The number of cyclic esters (lactones) is 1. The normalized spacial score (nSPS) is 24.6. The third-order valence-corrected chi connectivity index (χ3v) is 11.0. The van der Waals surface area contributed by atoms with Gasteiger partial charge in [-0.2, -0.15) is 0 Å². The van der Waals surface area contributed by atoms with Gasteiger partial charge >= 0.3 is 5.97 Å². The van der Waals surface area contributed by atoms with Gasteiger partial charge in [-0.15, -0.1) is 0 Å². The van der Waals surface area contributed by atoms with Gasteiger partial charge in [0.15, 0.2) is 0 Å². The molecule has 3 N–H and O–H groups in total. The van der Waals surface area contributed by atoms with Crippen LogP contribution in [0.5, 0.6) is 0 Å². The zero-order chi connectivity index (χ0) is 35.0. The molecule has 0 radical (unpaired) electrons. The molecule has 3 fully saturated rings. The topological polar surface area (TPSA) is 138 Å². The van der Waals surface area contributed by atoms with Gasteiger partial charge in [0.1, 0.15) is 12.6 Å². The fraction of sp³-hybridized carbons (Fsp3) is 0.615. The number of ether oxygens (including phenoxy) is 1. The van der Waals surface area contributed by atoms with Gasteiger partial charge in [-0.3, -0.25) is 24.2 Å². The van der Waals surface area contributed by atoms with E-state index >= 15 is 4.79 Å². The summed E-state index contributed by atoms with van der Waals surface area (Å²) in [5.41, 5.74) is 0.501. The summed E-state index contributed by atoms with van der Waals surface area (Å²) in [6.45, 7) is 6.32. The molecule has 1 aromatic heterocycles. The molecule has 1 saturated carbocycles. The number of nitrogens with one attached hydrogen (secondary N) is 2. The number of aromatic nitrogens is 1. The first-order valence-corrected chi connectivity index (χ1v) is 18.3. The number of hydrogen-bond acceptors (Lipinski definition) is 7. The summed E-state index contributed by atoms with van der Waals surface area (Å²) in [5.74, 6) is -1.76. The molecule has 2 saturated heterocycles. The highest BCUT2D eigenvalue weighted by molar-refractivity contribution is 5.97. The molecule has 2 aliphatic heterocycles. The number of aliphatic hydroxyl groups excluding tert-OH is 1. The summed E-state index contributed by atoms with van der Waals surface area (Å²) in [6.07, 6.45) is 10.3. The quantitative estimate of drug-likeness (QED) is 0.230. The zero-order valence-electron chi connectivity index (χ0n) is 29.3. The second kappa shape index (κ2) is 16.7. The van der Waals surface area contributed by atoms with Crippen molar-refractivity contribution >= 4 is 23.7 Å². The number of pyridine rings is 1. The van der Waals surface area contributed by atoms with Crippen molar-refractivity contribution in [2.45, 2.75) is 116 Å². The Morgan fingerprint density at radius 3 is 2.49 bits per heavy atom. The van der Waals surface area contributed by atoms with E-state index in [1.165, 1.54) is 6.20 Å². The van der Waals surface area contributed by atoms with Crippen LogP contribution in [0.4, 0.5) is 0 Å². The molecule has 2 unspecified atom stereocenters. The zero-order valence-corrected chi connectivity index (χ0v) is 29.3. The van der Waals surface area contributed by atoms with Crippen LogP contribution in [0, 0.1) is 23.2 Å². The number of rotatable bonds is 15. The molecule has 3 amide bonds. The summed E-state index contributed by atoms with van der Waals surface area (Å²) in [7, 11) is 0. The third-order valence-electron chi connectivity index (χ3n) is 11.0. The largest absolute Gasteiger partial charge is 0.463 e. The molecule has 1 aromatic carbocycles. The minimum absolute atomic E-state index is 0.0279. The summed E-state index contributed by atoms with van der Waals surface area (Å²) in [4.78, 5) is 61.1. The molecular weight excluding hydrogens is 620 g/mol. The Balaban J connectivity index is 1.55. The average Bonchev–Trinajstić information content (AvgIpc) is 3.64. The summed E-state index contributed by atoms with van der Waals surface area (Å²) in [6, 6.07) is 11.0. The van der Waals surface area contributed by atoms with Crippen LogP contribution in [0.3, 0.4) is 0 Å². The molecule has 0 spiro atoms. The van der Waals surface area contributed by atoms with Gasteiger partial charge in [0.05, 0.1) is 35.1 Å². The van der Waals surface area contributed by atoms with E-state index in [2.05, 4.69) is 15.6 Å². The van der Waals surface area contributed by atoms with E-state index in [-0.39, 0.29) is 42.6 Å². The van der Waals surface area contributed by atoms with E-state index in [1.54, 1.807) is 23.2 Å². The van der Waals surface area contributed by atoms with E-state index in [4.69, 9.17) is 4.74 Å². The lowest BCUT2D eigenvalue weighted by Crippen LogP contribution is -2.62. The SMILES string of the molecule is CCCC1C(=O)OCC1N(C(=O)[C@@H](NC(=O)c1cccnc1)C(C)C)[C@@H](CC1CCCCC1)[C@@H](O)C[C@]1(Cc2ccccc2)CCNC1=O. The maximum atomic E-state index is 15.1. The smallest absolute Gasteiger partial charge is 0.311 e. The van der Waals surface area contributed by atoms with Crippen LogP contribution in [0.1, 0.15) is 101 Å². The van der Waals surface area contributed by atoms with Crippen LogP contribution in [-0.2, 0) is 25.5 Å². The number of nitrogens with zero attached hydrogens (tertiary/aromatic N) is 2. The lowest BCUT2D eigenvalue weighted by Gasteiger charge is -2.45. The molecule has 3 heterocycles. The van der Waals surface area contributed by atoms with Gasteiger partial charge < -0.3 is 25.4 Å². The summed E-state index contributed by atoms with van der Waals surface area (Å²) < 4.78 is 5.65. The van der Waals surface area contributed by atoms with Crippen molar-refractivity contribution < 1.29 is 29.0 Å². The predicted molar refractivity (Wildman–Crippen MR) is 186 cm³/mol. The number of carbonyl (C=O) groups is 4. The van der Waals surface area contributed by atoms with Gasteiger partial charge in [0.25, 0.3) is 5.91 Å². The fourth-order valence-electron chi connectivity index (χ4n) is 8.31. The van der Waals surface area contributed by atoms with Crippen molar-refractivity contribution in [3.63, 3.8) is 0 Å². The van der Waals surface area contributed by atoms with Crippen LogP contribution >= 0.6 is 0 Å². The van der Waals surface area contributed by atoms with Crippen molar-refractivity contribution in [3.05, 3.63) is 66.0 Å². The van der Waals surface area contributed by atoms with E-state index < -0.39 is 41.5 Å². The van der Waals surface area contributed by atoms with Gasteiger partial charge in [0, 0.05) is 18.9 Å². The molecule has 266 valence electrons. The van der Waals surface area contributed by atoms with Gasteiger partial charge in [-0.05, 0) is 61.6 Å². The molecule has 2 aromatic rings. The first-order chi connectivity index (χ1) is 23.6. The highest BCUT2D eigenvalue weighted by Gasteiger charge is 2.51. The minimum atomic E-state index is -1.06. The van der Waals surface area contributed by atoms with Gasteiger partial charge in [-0.1, -0.05) is 89.6 Å². The number of benzene rings is 1. The highest BCUT2D eigenvalue weighted by atomic mass is 16.5. The summed E-state index contributed by atoms with van der Waals surface area (Å²) in [5, 5.41) is 18.5. The molecule has 10 heteroatoms. The third kappa shape index (κ3) is 8.69. The van der Waals surface area contributed by atoms with Crippen LogP contribution < -0.4 is 10.6 Å². The number of amides is 3. The maximum absolute atomic E-state index is 15.1. The Kier molecular flexibility index (Phi) is 12.5. The maximum Gasteiger partial charge on any atom is 0.311 e. The summed E-state index contributed by atoms with van der Waals surface area (Å²) >= 11 is 0. The molecule has 3 aliphatic rings. The van der Waals surface area contributed by atoms with Crippen LogP contribution in [-0.4, -0.2) is 76.1 Å². The average molecular weight is 675 g/mol. The fourth-order valence-corrected chi connectivity index (χ4v) is 8.31. The first-order valence-electron chi connectivity index (χ1n) is 18.3. The van der Waals surface area contributed by atoms with Crippen LogP contribution in [0.25, 0.3) is 0 Å². The number of esters is 1. The number of aliphatic hydroxyl groups is 1. The van der Waals surface area contributed by atoms with Crippen molar-refractivity contribution in [2.24, 2.45) is 23.2 Å². The lowest BCUT2D eigenvalue weighted by molar-refractivity contribution is -0.146. The van der Waals surface area contributed by atoms with E-state index in [0.29, 0.717) is 37.8 Å². The van der Waals surface area contributed by atoms with Crippen molar-refractivity contribution in [1.82, 2.24) is 20.5 Å².